The minimum Gasteiger partial charge on any atom is -0.356 e. The normalized spacial score (nSPS) is 15.0. The highest BCUT2D eigenvalue weighted by Gasteiger charge is 2.20. The molecule has 1 N–H and O–H groups in total. The Morgan fingerprint density at radius 1 is 1.11 bits per heavy atom. The molecule has 6 nitrogen and oxygen atoms in total. The summed E-state index contributed by atoms with van der Waals surface area (Å²) in [6.07, 6.45) is 5.49. The number of piperazine rings is 1. The van der Waals surface area contributed by atoms with Gasteiger partial charge in [0.2, 0.25) is 0 Å². The van der Waals surface area contributed by atoms with Gasteiger partial charge in [-0.1, -0.05) is 19.9 Å². The quantitative estimate of drug-likeness (QED) is 0.251. The predicted octanol–water partition coefficient (Wildman–Crippen LogP) is 2.91. The van der Waals surface area contributed by atoms with Crippen molar-refractivity contribution < 1.29 is 0 Å². The molecule has 2 heterocycles. The lowest BCUT2D eigenvalue weighted by molar-refractivity contribution is 0.271. The first-order valence-corrected chi connectivity index (χ1v) is 10.1. The Morgan fingerprint density at radius 2 is 1.81 bits per heavy atom. The van der Waals surface area contributed by atoms with Crippen molar-refractivity contribution in [1.29, 1.82) is 0 Å². The molecule has 1 aromatic heterocycles. The van der Waals surface area contributed by atoms with Crippen molar-refractivity contribution in [2.45, 2.75) is 33.1 Å². The Labute approximate surface area is 182 Å². The highest BCUT2D eigenvalue weighted by Crippen LogP contribution is 2.12. The fourth-order valence-corrected chi connectivity index (χ4v) is 3.49. The van der Waals surface area contributed by atoms with E-state index in [2.05, 4.69) is 56.0 Å². The highest BCUT2D eigenvalue weighted by molar-refractivity contribution is 14.0. The van der Waals surface area contributed by atoms with Gasteiger partial charge in [0.1, 0.15) is 5.82 Å². The molecule has 1 aromatic rings. The molecule has 1 saturated heterocycles. The molecule has 154 valence electrons. The molecule has 2 rings (SSSR count). The maximum absolute atomic E-state index is 4.48. The van der Waals surface area contributed by atoms with Gasteiger partial charge in [0.25, 0.3) is 0 Å². The molecule has 1 fully saturated rings. The number of nitrogens with zero attached hydrogens (tertiary/aromatic N) is 5. The summed E-state index contributed by atoms with van der Waals surface area (Å²) in [6.45, 7) is 13.0. The summed E-state index contributed by atoms with van der Waals surface area (Å²) in [5, 5.41) is 3.55. The van der Waals surface area contributed by atoms with Crippen molar-refractivity contribution in [3.63, 3.8) is 0 Å². The average Bonchev–Trinajstić information content (AvgIpc) is 2.69. The summed E-state index contributed by atoms with van der Waals surface area (Å²) in [6, 6.07) is 6.10. The molecule has 0 bridgehead atoms. The zero-order chi connectivity index (χ0) is 18.6. The monoisotopic (exact) mass is 488 g/mol. The van der Waals surface area contributed by atoms with Crippen LogP contribution >= 0.6 is 24.0 Å². The second kappa shape index (κ2) is 14.0. The van der Waals surface area contributed by atoms with Crippen molar-refractivity contribution in [3.8, 4) is 0 Å². The smallest absolute Gasteiger partial charge is 0.193 e. The molecule has 0 unspecified atom stereocenters. The van der Waals surface area contributed by atoms with E-state index in [-0.39, 0.29) is 24.0 Å². The molecule has 7 heteroatoms. The number of anilines is 1. The van der Waals surface area contributed by atoms with E-state index in [1.807, 2.05) is 19.3 Å². The maximum Gasteiger partial charge on any atom is 0.193 e. The minimum absolute atomic E-state index is 0. The van der Waals surface area contributed by atoms with Crippen molar-refractivity contribution in [1.82, 2.24) is 20.1 Å². The number of aliphatic imine (C=N–C) groups is 1. The molecule has 27 heavy (non-hydrogen) atoms. The Morgan fingerprint density at radius 3 is 2.37 bits per heavy atom. The predicted molar refractivity (Wildman–Crippen MR) is 126 cm³/mol. The van der Waals surface area contributed by atoms with Crippen LogP contribution in [0, 0.1) is 0 Å². The van der Waals surface area contributed by atoms with Crippen LogP contribution in [0.4, 0.5) is 5.82 Å². The van der Waals surface area contributed by atoms with E-state index < -0.39 is 0 Å². The van der Waals surface area contributed by atoms with Crippen LogP contribution in [0.2, 0.25) is 0 Å². The van der Waals surface area contributed by atoms with Gasteiger partial charge in [-0.25, -0.2) is 4.98 Å². The van der Waals surface area contributed by atoms with Crippen LogP contribution < -0.4 is 10.2 Å². The van der Waals surface area contributed by atoms with E-state index in [0.29, 0.717) is 0 Å². The van der Waals surface area contributed by atoms with Gasteiger partial charge in [0, 0.05) is 46.0 Å². The number of hydrogen-bond donors (Lipinski definition) is 1. The van der Waals surface area contributed by atoms with Gasteiger partial charge in [0.15, 0.2) is 5.96 Å². The average molecular weight is 488 g/mol. The van der Waals surface area contributed by atoms with E-state index in [9.17, 15) is 0 Å². The van der Waals surface area contributed by atoms with Gasteiger partial charge in [-0.2, -0.15) is 0 Å². The van der Waals surface area contributed by atoms with Gasteiger partial charge >= 0.3 is 0 Å². The fraction of sp³-hybridized carbons (Fsp3) is 0.700. The SMILES string of the molecule is CCCN(CCC)CCCNC(=NC)N1CCN(c2ccccn2)CC1.I. The summed E-state index contributed by atoms with van der Waals surface area (Å²) < 4.78 is 0. The lowest BCUT2D eigenvalue weighted by Crippen LogP contribution is -2.53. The number of pyridine rings is 1. The molecule has 0 radical (unpaired) electrons. The molecule has 0 spiro atoms. The third kappa shape index (κ3) is 8.21. The third-order valence-corrected chi connectivity index (χ3v) is 4.78. The Hall–Kier alpha value is -1.09. The van der Waals surface area contributed by atoms with Gasteiger partial charge < -0.3 is 20.0 Å². The second-order valence-corrected chi connectivity index (χ2v) is 6.83. The van der Waals surface area contributed by atoms with Crippen LogP contribution in [0.1, 0.15) is 33.1 Å². The molecule has 0 aromatic carbocycles. The summed E-state index contributed by atoms with van der Waals surface area (Å²) in [7, 11) is 1.88. The number of hydrogen-bond acceptors (Lipinski definition) is 4. The molecule has 1 aliphatic rings. The first-order chi connectivity index (χ1) is 12.8. The van der Waals surface area contributed by atoms with E-state index in [0.717, 1.165) is 50.9 Å². The first-order valence-electron chi connectivity index (χ1n) is 10.1. The van der Waals surface area contributed by atoms with Gasteiger partial charge in [-0.3, -0.25) is 4.99 Å². The van der Waals surface area contributed by atoms with Crippen LogP contribution in [-0.4, -0.2) is 80.1 Å². The van der Waals surface area contributed by atoms with Crippen LogP contribution in [0.25, 0.3) is 0 Å². The highest BCUT2D eigenvalue weighted by atomic mass is 127. The van der Waals surface area contributed by atoms with Gasteiger partial charge in [-0.05, 0) is 51.0 Å². The Kier molecular flexibility index (Phi) is 12.4. The second-order valence-electron chi connectivity index (χ2n) is 6.83. The lowest BCUT2D eigenvalue weighted by Gasteiger charge is -2.37. The Balaban J connectivity index is 0.00000364. The zero-order valence-electron chi connectivity index (χ0n) is 17.2. The molecule has 1 aliphatic heterocycles. The van der Waals surface area contributed by atoms with E-state index in [1.54, 1.807) is 0 Å². The number of guanidine groups is 1. The van der Waals surface area contributed by atoms with Crippen molar-refractivity contribution in [3.05, 3.63) is 24.4 Å². The van der Waals surface area contributed by atoms with Crippen molar-refractivity contribution in [2.24, 2.45) is 4.99 Å². The first kappa shape index (κ1) is 23.9. The van der Waals surface area contributed by atoms with Crippen molar-refractivity contribution in [2.75, 3.05) is 64.3 Å². The molecule has 0 amide bonds. The molecule has 0 atom stereocenters. The van der Waals surface area contributed by atoms with Crippen LogP contribution in [0.3, 0.4) is 0 Å². The standard InChI is InChI=1S/C20H36N6.HI/c1-4-12-24(13-5-2)14-8-11-23-20(21-3)26-17-15-25(16-18-26)19-9-6-7-10-22-19;/h6-7,9-10H,4-5,8,11-18H2,1-3H3,(H,21,23);1H. The van der Waals surface area contributed by atoms with E-state index in [4.69, 9.17) is 0 Å². The fourth-order valence-electron chi connectivity index (χ4n) is 3.49. The molecular formula is C20H37IN6. The molecular weight excluding hydrogens is 451 g/mol. The van der Waals surface area contributed by atoms with Crippen LogP contribution in [-0.2, 0) is 0 Å². The molecule has 0 saturated carbocycles. The van der Waals surface area contributed by atoms with Crippen LogP contribution in [0.5, 0.6) is 0 Å². The minimum atomic E-state index is 0. The van der Waals surface area contributed by atoms with Gasteiger partial charge in [0.05, 0.1) is 0 Å². The Bertz CT molecular complexity index is 510. The van der Waals surface area contributed by atoms with E-state index in [1.165, 1.54) is 32.5 Å². The largest absolute Gasteiger partial charge is 0.356 e. The number of nitrogens with one attached hydrogen (secondary N) is 1. The number of halogens is 1. The van der Waals surface area contributed by atoms with E-state index >= 15 is 0 Å². The maximum atomic E-state index is 4.48. The summed E-state index contributed by atoms with van der Waals surface area (Å²) in [5.74, 6) is 2.10. The zero-order valence-corrected chi connectivity index (χ0v) is 19.6. The summed E-state index contributed by atoms with van der Waals surface area (Å²) in [4.78, 5) is 16.2. The van der Waals surface area contributed by atoms with Crippen LogP contribution in [0.15, 0.2) is 29.4 Å². The van der Waals surface area contributed by atoms with Crippen molar-refractivity contribution >= 4 is 35.8 Å². The van der Waals surface area contributed by atoms with Gasteiger partial charge in [-0.15, -0.1) is 24.0 Å². The number of rotatable bonds is 9. The third-order valence-electron chi connectivity index (χ3n) is 4.78. The summed E-state index contributed by atoms with van der Waals surface area (Å²) >= 11 is 0. The topological polar surface area (TPSA) is 47.0 Å². The lowest BCUT2D eigenvalue weighted by atomic mass is 10.3. The summed E-state index contributed by atoms with van der Waals surface area (Å²) in [5.41, 5.74) is 0. The number of aromatic nitrogens is 1. The molecule has 0 aliphatic carbocycles.